The van der Waals surface area contributed by atoms with Crippen LogP contribution in [-0.4, -0.2) is 87.8 Å². The monoisotopic (exact) mass is 810 g/mol. The van der Waals surface area contributed by atoms with Crippen molar-refractivity contribution in [3.05, 3.63) is 58.4 Å². The highest BCUT2D eigenvalue weighted by Crippen LogP contribution is 2.50. The fourth-order valence-corrected chi connectivity index (χ4v) is 10.3. The number of rotatable bonds is 7. The molecule has 17 heteroatoms. The van der Waals surface area contributed by atoms with Crippen molar-refractivity contribution >= 4 is 56.3 Å². The van der Waals surface area contributed by atoms with Crippen LogP contribution in [0.5, 0.6) is 6.01 Å². The summed E-state index contributed by atoms with van der Waals surface area (Å²) in [5.41, 5.74) is -2.32. The molecule has 4 amide bonds. The number of fused-ring (bicyclic) bond motifs is 5. The minimum absolute atomic E-state index is 0.0205. The Morgan fingerprint density at radius 3 is 2.57 bits per heavy atom. The lowest BCUT2D eigenvalue weighted by atomic mass is 9.96. The zero-order valence-electron chi connectivity index (χ0n) is 31.2. The van der Waals surface area contributed by atoms with Gasteiger partial charge in [-0.25, -0.2) is 13.2 Å². The maximum atomic E-state index is 14.8. The van der Waals surface area contributed by atoms with Gasteiger partial charge in [-0.1, -0.05) is 42.7 Å². The highest BCUT2D eigenvalue weighted by molar-refractivity contribution is 7.91. The molecular formula is C39H47ClN6O9S. The van der Waals surface area contributed by atoms with Crippen LogP contribution in [0.1, 0.15) is 77.6 Å². The summed E-state index contributed by atoms with van der Waals surface area (Å²) in [6.45, 7) is 5.68. The molecule has 2 aromatic rings. The molecule has 3 N–H and O–H groups in total. The molecule has 1 saturated heterocycles. The molecule has 15 nitrogen and oxygen atoms in total. The third-order valence-electron chi connectivity index (χ3n) is 12.5. The number of aromatic nitrogens is 2. The van der Waals surface area contributed by atoms with E-state index >= 15 is 0 Å². The number of allylic oxidation sites excluding steroid dienone is 2. The number of hydrogen-bond donors (Lipinski definition) is 3. The average molecular weight is 811 g/mol. The molecule has 5 fully saturated rings. The Balaban J connectivity index is 1.15. The van der Waals surface area contributed by atoms with Gasteiger partial charge in [0.15, 0.2) is 0 Å². The second-order valence-electron chi connectivity index (χ2n) is 16.5. The molecular weight excluding hydrogens is 764 g/mol. The molecule has 300 valence electrons. The summed E-state index contributed by atoms with van der Waals surface area (Å²) in [4.78, 5) is 76.2. The van der Waals surface area contributed by atoms with Crippen molar-refractivity contribution in [2.75, 3.05) is 6.54 Å². The van der Waals surface area contributed by atoms with Gasteiger partial charge in [-0.2, -0.15) is 4.98 Å². The summed E-state index contributed by atoms with van der Waals surface area (Å²) in [5, 5.41) is 5.72. The van der Waals surface area contributed by atoms with Crippen LogP contribution in [0, 0.1) is 17.8 Å². The van der Waals surface area contributed by atoms with Crippen LogP contribution < -0.4 is 25.7 Å². The van der Waals surface area contributed by atoms with Crippen molar-refractivity contribution in [1.82, 2.24) is 29.8 Å². The van der Waals surface area contributed by atoms with Crippen LogP contribution in [0.3, 0.4) is 0 Å². The Kier molecular flexibility index (Phi) is 9.95. The topological polar surface area (TPSA) is 195 Å². The summed E-state index contributed by atoms with van der Waals surface area (Å²) in [6.07, 6.45) is 9.91. The molecule has 0 unspecified atom stereocenters. The Morgan fingerprint density at radius 2 is 1.86 bits per heavy atom. The zero-order chi connectivity index (χ0) is 39.6. The molecule has 8 rings (SSSR count). The van der Waals surface area contributed by atoms with Gasteiger partial charge in [0.05, 0.1) is 22.7 Å². The molecule has 6 aliphatic rings. The fraction of sp³-hybridized carbons (Fsp3) is 0.590. The number of halogens is 1. The second kappa shape index (κ2) is 14.5. The highest BCUT2D eigenvalue weighted by atomic mass is 35.5. The first kappa shape index (κ1) is 38.4. The molecule has 2 bridgehead atoms. The fourth-order valence-electron chi connectivity index (χ4n) is 8.74. The average Bonchev–Trinajstić information content (AvgIpc) is 4.10. The van der Waals surface area contributed by atoms with Crippen LogP contribution in [-0.2, 0) is 35.7 Å². The number of amides is 4. The molecule has 0 spiro atoms. The van der Waals surface area contributed by atoms with E-state index in [2.05, 4.69) is 26.9 Å². The van der Waals surface area contributed by atoms with Gasteiger partial charge in [-0.3, -0.25) is 28.5 Å². The van der Waals surface area contributed by atoms with Gasteiger partial charge in [0.2, 0.25) is 21.8 Å². The van der Waals surface area contributed by atoms with Gasteiger partial charge >= 0.3 is 6.09 Å². The standard InChI is InChI=1S/C39H47ClN6O9S/c1-3-23-20-39(23,35(50)44-56(52,53)27-13-14-27)43-32(47)30-18-26-21-46(30)34(49)31(22-9-6-7-10-22)42-37(51)55-38(2)19-24(38)11-5-4-8-16-45-33(48)28-15-12-25(40)17-29(28)41-36(45)54-26/h3-4,8,12,15,17,22-24,26-27,30-31H,1,5-7,9-11,13-14,16,18-21H2,2H3,(H,42,51)(H,43,47)(H,44,50)/b8-4+/t23-,24-,26-,30+,31+,38-,39+/m1/s1. The number of hydrogen-bond acceptors (Lipinski definition) is 10. The molecule has 56 heavy (non-hydrogen) atoms. The summed E-state index contributed by atoms with van der Waals surface area (Å²) >= 11 is 6.28. The maximum absolute atomic E-state index is 14.8. The first-order valence-corrected chi connectivity index (χ1v) is 21.5. The van der Waals surface area contributed by atoms with Crippen molar-refractivity contribution in [2.24, 2.45) is 17.8 Å². The summed E-state index contributed by atoms with van der Waals surface area (Å²) < 4.78 is 41.5. The van der Waals surface area contributed by atoms with Gasteiger partial charge in [0.1, 0.15) is 29.3 Å². The summed E-state index contributed by atoms with van der Waals surface area (Å²) in [7, 11) is -3.93. The Hall–Kier alpha value is -4.44. The number of sulfonamides is 1. The SMILES string of the molecule is C=C[C@@H]1C[C@@]1(NC(=O)[C@@H]1C[C@@H]2CN1C(=O)[C@H](C1CCCC1)NC(=O)O[C@]1(C)C[C@H]1CC/C=C/Cn1c(nc3cc(Cl)ccc3c1=O)O2)C(=O)NS(=O)(=O)C1CC1. The zero-order valence-corrected chi connectivity index (χ0v) is 32.8. The Bertz CT molecular complexity index is 2190. The van der Waals surface area contributed by atoms with E-state index in [1.54, 1.807) is 18.2 Å². The number of benzene rings is 1. The molecule has 2 aliphatic heterocycles. The number of ether oxygens (including phenoxy) is 2. The quantitative estimate of drug-likeness (QED) is 0.349. The van der Waals surface area contributed by atoms with Gasteiger partial charge in [-0.05, 0) is 82.4 Å². The first-order valence-electron chi connectivity index (χ1n) is 19.5. The van der Waals surface area contributed by atoms with Crippen molar-refractivity contribution in [2.45, 2.75) is 119 Å². The van der Waals surface area contributed by atoms with Crippen LogP contribution >= 0.6 is 11.6 Å². The van der Waals surface area contributed by atoms with E-state index in [1.807, 2.05) is 19.1 Å². The van der Waals surface area contributed by atoms with Crippen LogP contribution in [0.2, 0.25) is 5.02 Å². The molecule has 4 aliphatic carbocycles. The predicted octanol–water partition coefficient (Wildman–Crippen LogP) is 3.48. The predicted molar refractivity (Wildman–Crippen MR) is 205 cm³/mol. The third kappa shape index (κ3) is 7.41. The van der Waals surface area contributed by atoms with Crippen molar-refractivity contribution in [3.8, 4) is 6.01 Å². The molecule has 7 atom stereocenters. The summed E-state index contributed by atoms with van der Waals surface area (Å²) in [6, 6.07) is 2.55. The minimum atomic E-state index is -3.93. The van der Waals surface area contributed by atoms with Crippen molar-refractivity contribution in [3.63, 3.8) is 0 Å². The molecule has 3 heterocycles. The van der Waals surface area contributed by atoms with Crippen molar-refractivity contribution in [1.29, 1.82) is 0 Å². The first-order chi connectivity index (χ1) is 26.7. The number of nitrogens with zero attached hydrogens (tertiary/aromatic N) is 3. The number of alkyl carbamates (subject to hydrolysis) is 1. The Labute approximate surface area is 329 Å². The van der Waals surface area contributed by atoms with Gasteiger partial charge in [0.25, 0.3) is 17.5 Å². The molecule has 0 radical (unpaired) electrons. The third-order valence-corrected chi connectivity index (χ3v) is 14.5. The van der Waals surface area contributed by atoms with E-state index in [0.29, 0.717) is 54.5 Å². The lowest BCUT2D eigenvalue weighted by Crippen LogP contribution is -2.59. The lowest BCUT2D eigenvalue weighted by Gasteiger charge is -2.32. The van der Waals surface area contributed by atoms with Gasteiger partial charge in [-0.15, -0.1) is 6.58 Å². The van der Waals surface area contributed by atoms with E-state index in [4.69, 9.17) is 21.1 Å². The van der Waals surface area contributed by atoms with Crippen LogP contribution in [0.25, 0.3) is 10.9 Å². The second-order valence-corrected chi connectivity index (χ2v) is 18.9. The smallest absolute Gasteiger partial charge is 0.408 e. The largest absolute Gasteiger partial charge is 0.459 e. The van der Waals surface area contributed by atoms with Crippen LogP contribution in [0.4, 0.5) is 4.79 Å². The van der Waals surface area contributed by atoms with Gasteiger partial charge in [0, 0.05) is 29.8 Å². The normalized spacial score (nSPS) is 32.8. The molecule has 1 aromatic heterocycles. The van der Waals surface area contributed by atoms with Crippen LogP contribution in [0.15, 0.2) is 47.8 Å². The maximum Gasteiger partial charge on any atom is 0.408 e. The minimum Gasteiger partial charge on any atom is -0.459 e. The number of carbonyl (C=O) groups is 4. The van der Waals surface area contributed by atoms with Crippen molar-refractivity contribution < 1.29 is 37.1 Å². The molecule has 1 aromatic carbocycles. The number of carbonyl (C=O) groups excluding carboxylic acids is 4. The van der Waals surface area contributed by atoms with E-state index in [1.165, 1.54) is 15.5 Å². The van der Waals surface area contributed by atoms with E-state index in [-0.39, 0.29) is 49.3 Å². The number of nitrogens with one attached hydrogen (secondary N) is 3. The molecule has 4 saturated carbocycles. The Morgan fingerprint density at radius 1 is 1.09 bits per heavy atom. The highest BCUT2D eigenvalue weighted by Gasteiger charge is 2.62. The van der Waals surface area contributed by atoms with Gasteiger partial charge < -0.3 is 25.0 Å². The lowest BCUT2D eigenvalue weighted by molar-refractivity contribution is -0.142. The van der Waals surface area contributed by atoms with E-state index in [9.17, 15) is 32.4 Å². The van der Waals surface area contributed by atoms with E-state index < -0.39 is 74.3 Å². The summed E-state index contributed by atoms with van der Waals surface area (Å²) in [5.74, 6) is -2.72. The van der Waals surface area contributed by atoms with E-state index in [0.717, 1.165) is 19.3 Å².